The van der Waals surface area contributed by atoms with E-state index in [1.165, 1.54) is 24.3 Å². The first kappa shape index (κ1) is 7.03. The summed E-state index contributed by atoms with van der Waals surface area (Å²) in [5.41, 5.74) is -0.0917. The molecule has 2 nitrogen and oxygen atoms in total. The highest BCUT2D eigenvalue weighted by atomic mass is 19.1. The Bertz CT molecular complexity index is 475. The fourth-order valence-electron chi connectivity index (χ4n) is 1.07. The lowest BCUT2D eigenvalue weighted by molar-refractivity contribution is 0.636. The number of nitrogens with one attached hydrogen (secondary N) is 1. The van der Waals surface area contributed by atoms with Crippen molar-refractivity contribution in [2.75, 3.05) is 0 Å². The summed E-state index contributed by atoms with van der Waals surface area (Å²) < 4.78 is 13.0. The molecule has 1 N–H and O–H groups in total. The van der Waals surface area contributed by atoms with Crippen LogP contribution in [0.2, 0.25) is 0 Å². The van der Waals surface area contributed by atoms with Crippen molar-refractivity contribution in [3.8, 4) is 0 Å². The molecule has 1 aromatic heterocycles. The van der Waals surface area contributed by atoms with Gasteiger partial charge in [0.25, 0.3) is 0 Å². The third-order valence-electron chi connectivity index (χ3n) is 1.63. The lowest BCUT2D eigenvalue weighted by atomic mass is 10.2. The number of hydrogen-bond acceptors (Lipinski definition) is 1. The van der Waals surface area contributed by atoms with Gasteiger partial charge in [0.1, 0.15) is 5.82 Å². The van der Waals surface area contributed by atoms with Crippen LogP contribution in [-0.2, 0) is 0 Å². The molecule has 3 heteroatoms. The van der Waals surface area contributed by atoms with Crippen LogP contribution in [0.25, 0.3) is 10.9 Å². The minimum Gasteiger partial charge on any atom is -0.319 e. The van der Waals surface area contributed by atoms with E-state index >= 15 is 0 Å². The van der Waals surface area contributed by atoms with E-state index in [4.69, 9.17) is 0 Å². The highest BCUT2D eigenvalue weighted by Crippen LogP contribution is 2.11. The zero-order valence-corrected chi connectivity index (χ0v) is 6.10. The maximum absolute atomic E-state index is 13.0. The summed E-state index contributed by atoms with van der Waals surface area (Å²) in [4.78, 5) is 13.2. The van der Waals surface area contributed by atoms with E-state index in [2.05, 4.69) is 11.1 Å². The van der Waals surface area contributed by atoms with E-state index in [0.29, 0.717) is 5.39 Å². The highest BCUT2D eigenvalue weighted by Gasteiger charge is 1.98. The van der Waals surface area contributed by atoms with Gasteiger partial charge in [-0.1, -0.05) is 6.07 Å². The molecule has 0 aliphatic heterocycles. The van der Waals surface area contributed by atoms with Gasteiger partial charge < -0.3 is 4.98 Å². The molecule has 2 aromatic rings. The number of benzene rings is 1. The molecule has 0 aliphatic carbocycles. The topological polar surface area (TPSA) is 32.9 Å². The fraction of sp³-hybridized carbons (Fsp3) is 0. The first-order chi connectivity index (χ1) is 5.77. The second-order valence-electron chi connectivity index (χ2n) is 2.44. The maximum Gasteiger partial charge on any atom is 0.248 e. The average molecular weight is 162 g/mol. The number of rotatable bonds is 0. The first-order valence-corrected chi connectivity index (χ1v) is 3.46. The summed E-state index contributed by atoms with van der Waals surface area (Å²) in [6, 6.07) is 8.44. The Morgan fingerprint density at radius 2 is 2.17 bits per heavy atom. The number of H-pyrrole nitrogens is 1. The van der Waals surface area contributed by atoms with Gasteiger partial charge in [0.2, 0.25) is 5.56 Å². The average Bonchev–Trinajstić information content (AvgIpc) is 2.07. The van der Waals surface area contributed by atoms with Crippen LogP contribution in [0.3, 0.4) is 0 Å². The van der Waals surface area contributed by atoms with Gasteiger partial charge in [-0.25, -0.2) is 4.39 Å². The summed E-state index contributed by atoms with van der Waals surface area (Å²) in [5.74, 6) is -0.429. The SMILES string of the molecule is O=c1ccc2[c]ccc(F)c2[nH]1. The summed E-state index contributed by atoms with van der Waals surface area (Å²) in [5, 5.41) is 0.578. The zero-order chi connectivity index (χ0) is 8.55. The van der Waals surface area contributed by atoms with Gasteiger partial charge in [0.05, 0.1) is 5.52 Å². The predicted molar refractivity (Wildman–Crippen MR) is 43.4 cm³/mol. The Kier molecular flexibility index (Phi) is 1.43. The van der Waals surface area contributed by atoms with E-state index in [-0.39, 0.29) is 11.1 Å². The zero-order valence-electron chi connectivity index (χ0n) is 6.10. The van der Waals surface area contributed by atoms with E-state index in [0.717, 1.165) is 0 Å². The second-order valence-corrected chi connectivity index (χ2v) is 2.44. The molecule has 1 aromatic carbocycles. The molecule has 0 saturated heterocycles. The Hall–Kier alpha value is -1.64. The predicted octanol–water partition coefficient (Wildman–Crippen LogP) is 1.47. The number of pyridine rings is 1. The monoisotopic (exact) mass is 162 g/mol. The third kappa shape index (κ3) is 0.993. The van der Waals surface area contributed by atoms with Crippen molar-refractivity contribution in [2.45, 2.75) is 0 Å². The smallest absolute Gasteiger partial charge is 0.248 e. The molecular formula is C9H5FNO. The highest BCUT2D eigenvalue weighted by molar-refractivity contribution is 5.77. The standard InChI is InChI=1S/C9H5FNO/c10-7-3-1-2-6-4-5-8(12)11-9(6)7/h1,3-5H,(H,11,12). The van der Waals surface area contributed by atoms with Crippen molar-refractivity contribution in [1.82, 2.24) is 4.98 Å². The Balaban J connectivity index is 2.97. The van der Waals surface area contributed by atoms with Gasteiger partial charge >= 0.3 is 0 Å². The van der Waals surface area contributed by atoms with Crippen LogP contribution in [0, 0.1) is 11.9 Å². The minimum absolute atomic E-state index is 0.213. The van der Waals surface area contributed by atoms with E-state index in [9.17, 15) is 9.18 Å². The lowest BCUT2D eigenvalue weighted by Gasteiger charge is -1.95. The van der Waals surface area contributed by atoms with Gasteiger partial charge in [-0.05, 0) is 18.2 Å². The summed E-state index contributed by atoms with van der Waals surface area (Å²) in [6.07, 6.45) is 0. The molecule has 59 valence electrons. The minimum atomic E-state index is -0.429. The van der Waals surface area contributed by atoms with Gasteiger partial charge in [0.15, 0.2) is 0 Å². The Morgan fingerprint density at radius 1 is 1.33 bits per heavy atom. The van der Waals surface area contributed by atoms with Crippen molar-refractivity contribution in [2.24, 2.45) is 0 Å². The van der Waals surface area contributed by atoms with Crippen LogP contribution in [0.15, 0.2) is 29.1 Å². The van der Waals surface area contributed by atoms with Crippen LogP contribution in [0.5, 0.6) is 0 Å². The molecular weight excluding hydrogens is 157 g/mol. The number of fused-ring (bicyclic) bond motifs is 1. The molecule has 1 radical (unpaired) electrons. The normalized spacial score (nSPS) is 10.4. The fourth-order valence-corrected chi connectivity index (χ4v) is 1.07. The summed E-state index contributed by atoms with van der Waals surface area (Å²) in [6.45, 7) is 0. The van der Waals surface area contributed by atoms with Crippen LogP contribution in [0.1, 0.15) is 0 Å². The number of aromatic amines is 1. The summed E-state index contributed by atoms with van der Waals surface area (Å²) >= 11 is 0. The number of halogens is 1. The number of hydrogen-bond donors (Lipinski definition) is 1. The van der Waals surface area contributed by atoms with Crippen molar-refractivity contribution in [1.29, 1.82) is 0 Å². The van der Waals surface area contributed by atoms with Crippen LogP contribution >= 0.6 is 0 Å². The molecule has 1 heterocycles. The van der Waals surface area contributed by atoms with Crippen LogP contribution in [0.4, 0.5) is 4.39 Å². The van der Waals surface area contributed by atoms with Crippen LogP contribution < -0.4 is 5.56 Å². The van der Waals surface area contributed by atoms with Crippen molar-refractivity contribution in [3.05, 3.63) is 46.5 Å². The molecule has 0 amide bonds. The third-order valence-corrected chi connectivity index (χ3v) is 1.63. The quantitative estimate of drug-likeness (QED) is 0.625. The Morgan fingerprint density at radius 3 is 3.00 bits per heavy atom. The van der Waals surface area contributed by atoms with Crippen molar-refractivity contribution < 1.29 is 4.39 Å². The molecule has 0 fully saturated rings. The van der Waals surface area contributed by atoms with E-state index < -0.39 is 5.82 Å². The second kappa shape index (κ2) is 2.44. The molecule has 0 aliphatic rings. The summed E-state index contributed by atoms with van der Waals surface area (Å²) in [7, 11) is 0. The molecule has 0 saturated carbocycles. The van der Waals surface area contributed by atoms with Gasteiger partial charge in [-0.3, -0.25) is 4.79 Å². The van der Waals surface area contributed by atoms with Gasteiger partial charge in [0, 0.05) is 11.5 Å². The van der Waals surface area contributed by atoms with Crippen LogP contribution in [-0.4, -0.2) is 4.98 Å². The number of aromatic nitrogens is 1. The largest absolute Gasteiger partial charge is 0.319 e. The molecule has 0 spiro atoms. The van der Waals surface area contributed by atoms with Gasteiger partial charge in [-0.2, -0.15) is 0 Å². The van der Waals surface area contributed by atoms with Crippen molar-refractivity contribution in [3.63, 3.8) is 0 Å². The van der Waals surface area contributed by atoms with E-state index in [1.54, 1.807) is 0 Å². The maximum atomic E-state index is 13.0. The molecule has 0 unspecified atom stereocenters. The van der Waals surface area contributed by atoms with E-state index in [1.807, 2.05) is 0 Å². The molecule has 0 atom stereocenters. The molecule has 12 heavy (non-hydrogen) atoms. The molecule has 0 bridgehead atoms. The molecule has 2 rings (SSSR count). The first-order valence-electron chi connectivity index (χ1n) is 3.46. The Labute approximate surface area is 67.7 Å². The lowest BCUT2D eigenvalue weighted by Crippen LogP contribution is -2.03. The van der Waals surface area contributed by atoms with Gasteiger partial charge in [-0.15, -0.1) is 0 Å². The van der Waals surface area contributed by atoms with Crippen molar-refractivity contribution >= 4 is 10.9 Å².